The number of sulfone groups is 1. The maximum atomic E-state index is 12.0. The molecule has 1 aromatic carbocycles. The SMILES string of the molecule is CCc1ccc2c(COC(=O)[C@@H]3CCS(=O)(=O)C3)cc(=O)oc2c1. The van der Waals surface area contributed by atoms with Gasteiger partial charge in [-0.05, 0) is 24.5 Å². The summed E-state index contributed by atoms with van der Waals surface area (Å²) in [6.07, 6.45) is 1.10. The zero-order valence-electron chi connectivity index (χ0n) is 13.3. The van der Waals surface area contributed by atoms with Crippen LogP contribution in [0.15, 0.2) is 33.5 Å². The Bertz CT molecular complexity index is 941. The topological polar surface area (TPSA) is 90.7 Å². The molecule has 0 saturated carbocycles. The molecule has 0 amide bonds. The van der Waals surface area contributed by atoms with Crippen LogP contribution in [0.5, 0.6) is 0 Å². The third-order valence-corrected chi connectivity index (χ3v) is 6.01. The Morgan fingerprint density at radius 1 is 1.33 bits per heavy atom. The quantitative estimate of drug-likeness (QED) is 0.617. The molecule has 0 spiro atoms. The summed E-state index contributed by atoms with van der Waals surface area (Å²) >= 11 is 0. The van der Waals surface area contributed by atoms with Gasteiger partial charge < -0.3 is 9.15 Å². The smallest absolute Gasteiger partial charge is 0.336 e. The van der Waals surface area contributed by atoms with E-state index < -0.39 is 27.4 Å². The van der Waals surface area contributed by atoms with Crippen LogP contribution in [0.25, 0.3) is 11.0 Å². The highest BCUT2D eigenvalue weighted by molar-refractivity contribution is 7.91. The lowest BCUT2D eigenvalue weighted by Gasteiger charge is -2.10. The van der Waals surface area contributed by atoms with Crippen molar-refractivity contribution in [1.29, 1.82) is 0 Å². The van der Waals surface area contributed by atoms with Gasteiger partial charge in [0.25, 0.3) is 0 Å². The first-order chi connectivity index (χ1) is 11.4. The molecule has 128 valence electrons. The van der Waals surface area contributed by atoms with Crippen molar-refractivity contribution >= 4 is 26.8 Å². The van der Waals surface area contributed by atoms with Gasteiger partial charge in [0, 0.05) is 17.0 Å². The lowest BCUT2D eigenvalue weighted by Crippen LogP contribution is -2.19. The average Bonchev–Trinajstić information content (AvgIpc) is 2.91. The first-order valence-corrected chi connectivity index (χ1v) is 9.63. The van der Waals surface area contributed by atoms with Gasteiger partial charge in [-0.15, -0.1) is 0 Å². The van der Waals surface area contributed by atoms with Gasteiger partial charge >= 0.3 is 11.6 Å². The summed E-state index contributed by atoms with van der Waals surface area (Å²) in [5, 5.41) is 0.707. The second-order valence-corrected chi connectivity index (χ2v) is 8.21. The molecule has 3 rings (SSSR count). The Balaban J connectivity index is 1.80. The normalized spacial score (nSPS) is 19.5. The van der Waals surface area contributed by atoms with Gasteiger partial charge in [0.1, 0.15) is 12.2 Å². The van der Waals surface area contributed by atoms with Gasteiger partial charge in [0.15, 0.2) is 9.84 Å². The number of carbonyl (C=O) groups excluding carboxylic acids is 1. The van der Waals surface area contributed by atoms with Crippen LogP contribution >= 0.6 is 0 Å². The number of ether oxygens (including phenoxy) is 1. The Hall–Kier alpha value is -2.15. The van der Waals surface area contributed by atoms with E-state index in [1.807, 2.05) is 19.1 Å². The number of rotatable bonds is 4. The highest BCUT2D eigenvalue weighted by Gasteiger charge is 2.34. The molecule has 2 heterocycles. The standard InChI is InChI=1S/C17H18O6S/c1-2-11-3-4-14-13(8-16(18)23-15(14)7-11)9-22-17(19)12-5-6-24(20,21)10-12/h3-4,7-8,12H,2,5-6,9-10H2,1H3/t12-/m1/s1. The first-order valence-electron chi connectivity index (χ1n) is 7.80. The molecule has 7 heteroatoms. The minimum atomic E-state index is -3.14. The molecule has 6 nitrogen and oxygen atoms in total. The van der Waals surface area contributed by atoms with E-state index in [1.165, 1.54) is 6.07 Å². The van der Waals surface area contributed by atoms with Gasteiger partial charge in [-0.25, -0.2) is 13.2 Å². The van der Waals surface area contributed by atoms with Crippen LogP contribution in [0.4, 0.5) is 0 Å². The summed E-state index contributed by atoms with van der Waals surface area (Å²) in [5.41, 5.74) is 1.54. The number of hydrogen-bond donors (Lipinski definition) is 0. The van der Waals surface area contributed by atoms with Crippen molar-refractivity contribution in [3.05, 3.63) is 45.8 Å². The van der Waals surface area contributed by atoms with Crippen LogP contribution in [0.1, 0.15) is 24.5 Å². The molecule has 1 aliphatic rings. The number of fused-ring (bicyclic) bond motifs is 1. The monoisotopic (exact) mass is 350 g/mol. The third kappa shape index (κ3) is 3.51. The van der Waals surface area contributed by atoms with E-state index in [4.69, 9.17) is 9.15 Å². The zero-order valence-corrected chi connectivity index (χ0v) is 14.1. The minimum Gasteiger partial charge on any atom is -0.461 e. The van der Waals surface area contributed by atoms with Crippen molar-refractivity contribution in [2.75, 3.05) is 11.5 Å². The lowest BCUT2D eigenvalue weighted by atomic mass is 10.1. The van der Waals surface area contributed by atoms with Gasteiger partial charge in [-0.2, -0.15) is 0 Å². The maximum Gasteiger partial charge on any atom is 0.336 e. The van der Waals surface area contributed by atoms with Crippen LogP contribution in [-0.4, -0.2) is 25.9 Å². The van der Waals surface area contributed by atoms with Crippen molar-refractivity contribution in [1.82, 2.24) is 0 Å². The Kier molecular flexibility index (Phi) is 4.45. The molecule has 2 aromatic rings. The fourth-order valence-electron chi connectivity index (χ4n) is 2.86. The molecular formula is C17H18O6S. The van der Waals surface area contributed by atoms with Crippen LogP contribution in [0, 0.1) is 5.92 Å². The first kappa shape index (κ1) is 16.7. The fraction of sp³-hybridized carbons (Fsp3) is 0.412. The summed E-state index contributed by atoms with van der Waals surface area (Å²) in [6.45, 7) is 1.92. The molecule has 1 aromatic heterocycles. The van der Waals surface area contributed by atoms with Gasteiger partial charge in [0.05, 0.1) is 17.4 Å². The van der Waals surface area contributed by atoms with E-state index in [-0.39, 0.29) is 18.1 Å². The fourth-order valence-corrected chi connectivity index (χ4v) is 4.59. The number of hydrogen-bond acceptors (Lipinski definition) is 6. The molecular weight excluding hydrogens is 332 g/mol. The van der Waals surface area contributed by atoms with Crippen molar-refractivity contribution < 1.29 is 22.4 Å². The van der Waals surface area contributed by atoms with E-state index in [2.05, 4.69) is 0 Å². The van der Waals surface area contributed by atoms with Crippen LogP contribution < -0.4 is 5.63 Å². The van der Waals surface area contributed by atoms with Gasteiger partial charge in [0.2, 0.25) is 0 Å². The second kappa shape index (κ2) is 6.39. The van der Waals surface area contributed by atoms with E-state index in [9.17, 15) is 18.0 Å². The molecule has 1 atom stereocenters. The van der Waals surface area contributed by atoms with Gasteiger partial charge in [-0.3, -0.25) is 4.79 Å². The van der Waals surface area contributed by atoms with Crippen LogP contribution in [0.3, 0.4) is 0 Å². The van der Waals surface area contributed by atoms with Crippen molar-refractivity contribution in [2.24, 2.45) is 5.92 Å². The highest BCUT2D eigenvalue weighted by atomic mass is 32.2. The Morgan fingerprint density at radius 3 is 2.79 bits per heavy atom. The maximum absolute atomic E-state index is 12.0. The lowest BCUT2D eigenvalue weighted by molar-refractivity contribution is -0.148. The van der Waals surface area contributed by atoms with E-state index in [0.29, 0.717) is 23.0 Å². The largest absolute Gasteiger partial charge is 0.461 e. The molecule has 24 heavy (non-hydrogen) atoms. The molecule has 1 aliphatic heterocycles. The Labute approximate surface area is 139 Å². The summed E-state index contributed by atoms with van der Waals surface area (Å²) in [4.78, 5) is 23.7. The van der Waals surface area contributed by atoms with E-state index in [0.717, 1.165) is 12.0 Å². The van der Waals surface area contributed by atoms with Crippen molar-refractivity contribution in [3.63, 3.8) is 0 Å². The number of benzene rings is 1. The van der Waals surface area contributed by atoms with E-state index >= 15 is 0 Å². The number of carbonyl (C=O) groups is 1. The average molecular weight is 350 g/mol. The predicted molar refractivity (Wildman–Crippen MR) is 88.4 cm³/mol. The molecule has 1 fully saturated rings. The summed E-state index contributed by atoms with van der Waals surface area (Å²) in [7, 11) is -3.14. The van der Waals surface area contributed by atoms with Crippen molar-refractivity contribution in [3.8, 4) is 0 Å². The molecule has 1 saturated heterocycles. The predicted octanol–water partition coefficient (Wildman–Crippen LogP) is 1.83. The summed E-state index contributed by atoms with van der Waals surface area (Å²) in [5.74, 6) is -1.30. The third-order valence-electron chi connectivity index (χ3n) is 4.24. The molecule has 0 aliphatic carbocycles. The van der Waals surface area contributed by atoms with E-state index in [1.54, 1.807) is 6.07 Å². The van der Waals surface area contributed by atoms with Crippen LogP contribution in [-0.2, 0) is 32.4 Å². The molecule has 0 unspecified atom stereocenters. The molecule has 0 radical (unpaired) electrons. The number of aryl methyl sites for hydroxylation is 1. The summed E-state index contributed by atoms with van der Waals surface area (Å²) in [6, 6.07) is 6.86. The molecule has 0 N–H and O–H groups in total. The van der Waals surface area contributed by atoms with Crippen molar-refractivity contribution in [2.45, 2.75) is 26.4 Å². The summed E-state index contributed by atoms with van der Waals surface area (Å²) < 4.78 is 33.3. The zero-order chi connectivity index (χ0) is 17.3. The minimum absolute atomic E-state index is 0.0183. The molecule has 0 bridgehead atoms. The van der Waals surface area contributed by atoms with Gasteiger partial charge in [-0.1, -0.05) is 19.1 Å². The highest BCUT2D eigenvalue weighted by Crippen LogP contribution is 2.22. The Morgan fingerprint density at radius 2 is 2.12 bits per heavy atom. The number of esters is 1. The second-order valence-electron chi connectivity index (χ2n) is 5.98. The van der Waals surface area contributed by atoms with Crippen LogP contribution in [0.2, 0.25) is 0 Å².